The number of aromatic nitrogens is 1. The number of benzene rings is 2. The Balaban J connectivity index is 1.72. The molecule has 3 aromatic rings. The van der Waals surface area contributed by atoms with E-state index in [-0.39, 0.29) is 29.4 Å². The number of hydrogen-bond donors (Lipinski definition) is 1. The smallest absolute Gasteiger partial charge is 0.270 e. The number of carbonyl (C=O) groups excluding carboxylic acids is 1. The Hall–Kier alpha value is -2.87. The van der Waals surface area contributed by atoms with E-state index in [0.717, 1.165) is 0 Å². The lowest BCUT2D eigenvalue weighted by molar-refractivity contribution is -0.384. The van der Waals surface area contributed by atoms with Crippen molar-refractivity contribution in [1.82, 2.24) is 4.98 Å². The number of anilines is 1. The molecule has 116 valence electrons. The van der Waals surface area contributed by atoms with Crippen LogP contribution in [0.4, 0.5) is 15.2 Å². The quantitative estimate of drug-likeness (QED) is 0.438. The van der Waals surface area contributed by atoms with Crippen molar-refractivity contribution in [1.29, 1.82) is 0 Å². The molecule has 2 aromatic carbocycles. The molecule has 0 aliphatic rings. The number of nitro groups is 1. The maximum atomic E-state index is 13.1. The minimum atomic E-state index is -0.549. The van der Waals surface area contributed by atoms with Gasteiger partial charge in [-0.1, -0.05) is 23.5 Å². The van der Waals surface area contributed by atoms with Crippen molar-refractivity contribution in [3.8, 4) is 0 Å². The van der Waals surface area contributed by atoms with Crippen molar-refractivity contribution >= 4 is 38.2 Å². The van der Waals surface area contributed by atoms with E-state index in [9.17, 15) is 19.3 Å². The first-order valence-electron chi connectivity index (χ1n) is 6.60. The number of carbonyl (C=O) groups is 1. The normalized spacial score (nSPS) is 10.7. The molecule has 0 saturated carbocycles. The highest BCUT2D eigenvalue weighted by atomic mass is 32.1. The minimum Gasteiger partial charge on any atom is -0.354 e. The zero-order valence-corrected chi connectivity index (χ0v) is 12.5. The van der Waals surface area contributed by atoms with E-state index in [1.54, 1.807) is 6.07 Å². The van der Waals surface area contributed by atoms with Crippen molar-refractivity contribution in [2.75, 3.05) is 11.9 Å². The fourth-order valence-electron chi connectivity index (χ4n) is 2.02. The van der Waals surface area contributed by atoms with Gasteiger partial charge < -0.3 is 5.32 Å². The zero-order valence-electron chi connectivity index (χ0n) is 11.7. The van der Waals surface area contributed by atoms with Crippen LogP contribution in [0.15, 0.2) is 42.5 Å². The molecule has 3 rings (SSSR count). The molecule has 0 unspecified atom stereocenters. The molecule has 23 heavy (non-hydrogen) atoms. The van der Waals surface area contributed by atoms with Crippen LogP contribution in [0, 0.1) is 15.9 Å². The van der Waals surface area contributed by atoms with Gasteiger partial charge in [0.05, 0.1) is 21.7 Å². The van der Waals surface area contributed by atoms with E-state index in [2.05, 4.69) is 10.3 Å². The summed E-state index contributed by atoms with van der Waals surface area (Å²) in [5, 5.41) is 14.1. The summed E-state index contributed by atoms with van der Waals surface area (Å²) in [7, 11) is 0. The lowest BCUT2D eigenvalue weighted by Crippen LogP contribution is -2.13. The third-order valence-electron chi connectivity index (χ3n) is 3.13. The van der Waals surface area contributed by atoms with Gasteiger partial charge in [-0.25, -0.2) is 9.37 Å². The molecule has 0 aliphatic heterocycles. The Labute approximate surface area is 133 Å². The van der Waals surface area contributed by atoms with Crippen LogP contribution in [0.5, 0.6) is 0 Å². The molecule has 1 aromatic heterocycles. The number of thiazole rings is 1. The van der Waals surface area contributed by atoms with E-state index >= 15 is 0 Å². The molecular formula is C15H10FN3O3S. The van der Waals surface area contributed by atoms with E-state index < -0.39 is 4.92 Å². The second-order valence-electron chi connectivity index (χ2n) is 4.72. The molecule has 6 nitrogen and oxygen atoms in total. The molecule has 0 atom stereocenters. The van der Waals surface area contributed by atoms with Crippen LogP contribution in [-0.4, -0.2) is 22.2 Å². The predicted octanol–water partition coefficient (Wildman–Crippen LogP) is 3.64. The van der Waals surface area contributed by atoms with Crippen molar-refractivity contribution in [3.63, 3.8) is 0 Å². The number of nitrogens with one attached hydrogen (secondary N) is 1. The number of Topliss-reactive ketones (excluding diaryl/α,β-unsaturated/α-hetero) is 1. The van der Waals surface area contributed by atoms with Crippen LogP contribution in [0.2, 0.25) is 0 Å². The van der Waals surface area contributed by atoms with Crippen molar-refractivity contribution in [2.24, 2.45) is 0 Å². The lowest BCUT2D eigenvalue weighted by atomic mass is 10.1. The van der Waals surface area contributed by atoms with Gasteiger partial charge in [-0.15, -0.1) is 0 Å². The minimum absolute atomic E-state index is 0.0521. The van der Waals surface area contributed by atoms with E-state index in [4.69, 9.17) is 0 Å². The highest BCUT2D eigenvalue weighted by Crippen LogP contribution is 2.26. The van der Waals surface area contributed by atoms with Gasteiger partial charge in [0, 0.05) is 17.7 Å². The number of hydrogen-bond acceptors (Lipinski definition) is 6. The number of fused-ring (bicyclic) bond motifs is 1. The summed E-state index contributed by atoms with van der Waals surface area (Å²) in [5.41, 5.74) is 0.756. The van der Waals surface area contributed by atoms with Gasteiger partial charge in [-0.2, -0.15) is 0 Å². The SMILES string of the molecule is O=C(CNc1nc2ccc(F)cc2s1)c1cccc([N+](=O)[O-])c1. The second-order valence-corrected chi connectivity index (χ2v) is 5.75. The topological polar surface area (TPSA) is 85.1 Å². The molecule has 0 fully saturated rings. The van der Waals surface area contributed by atoms with Crippen molar-refractivity contribution in [3.05, 3.63) is 64.0 Å². The van der Waals surface area contributed by atoms with Crippen LogP contribution in [0.3, 0.4) is 0 Å². The van der Waals surface area contributed by atoms with E-state index in [1.807, 2.05) is 0 Å². The molecule has 1 N–H and O–H groups in total. The average molecular weight is 331 g/mol. The monoisotopic (exact) mass is 331 g/mol. The van der Waals surface area contributed by atoms with Gasteiger partial charge in [0.25, 0.3) is 5.69 Å². The Bertz CT molecular complexity index is 910. The number of halogens is 1. The van der Waals surface area contributed by atoms with Crippen molar-refractivity contribution < 1.29 is 14.1 Å². The maximum Gasteiger partial charge on any atom is 0.270 e. The largest absolute Gasteiger partial charge is 0.354 e. The molecule has 1 heterocycles. The van der Waals surface area contributed by atoms with Crippen LogP contribution < -0.4 is 5.32 Å². The highest BCUT2D eigenvalue weighted by Gasteiger charge is 2.12. The molecule has 0 saturated heterocycles. The summed E-state index contributed by atoms with van der Waals surface area (Å²) in [4.78, 5) is 26.5. The number of non-ortho nitro benzene ring substituents is 1. The molecular weight excluding hydrogens is 321 g/mol. The van der Waals surface area contributed by atoms with Gasteiger partial charge in [0.2, 0.25) is 0 Å². The molecule has 0 bridgehead atoms. The lowest BCUT2D eigenvalue weighted by Gasteiger charge is -2.02. The van der Waals surface area contributed by atoms with Crippen LogP contribution in [0.1, 0.15) is 10.4 Å². The predicted molar refractivity (Wildman–Crippen MR) is 85.5 cm³/mol. The molecule has 0 spiro atoms. The summed E-state index contributed by atoms with van der Waals surface area (Å²) in [6.07, 6.45) is 0. The first-order valence-corrected chi connectivity index (χ1v) is 7.42. The first kappa shape index (κ1) is 15.0. The van der Waals surface area contributed by atoms with Crippen LogP contribution in [-0.2, 0) is 0 Å². The standard InChI is InChI=1S/C15H10FN3O3S/c16-10-4-5-12-14(7-10)23-15(18-12)17-8-13(20)9-2-1-3-11(6-9)19(21)22/h1-7H,8H2,(H,17,18). The summed E-state index contributed by atoms with van der Waals surface area (Å²) in [6, 6.07) is 9.80. The number of rotatable bonds is 5. The summed E-state index contributed by atoms with van der Waals surface area (Å²) >= 11 is 1.23. The van der Waals surface area contributed by atoms with Crippen LogP contribution in [0.25, 0.3) is 10.2 Å². The fourth-order valence-corrected chi connectivity index (χ4v) is 2.91. The molecule has 0 amide bonds. The zero-order chi connectivity index (χ0) is 16.4. The maximum absolute atomic E-state index is 13.1. The van der Waals surface area contributed by atoms with Gasteiger partial charge in [0.15, 0.2) is 10.9 Å². The Morgan fingerprint density at radius 1 is 1.30 bits per heavy atom. The Morgan fingerprint density at radius 2 is 2.13 bits per heavy atom. The van der Waals surface area contributed by atoms with Gasteiger partial charge in [0.1, 0.15) is 5.82 Å². The Kier molecular flexibility index (Phi) is 3.98. The van der Waals surface area contributed by atoms with Crippen molar-refractivity contribution in [2.45, 2.75) is 0 Å². The number of nitrogens with zero attached hydrogens (tertiary/aromatic N) is 2. The molecule has 0 aliphatic carbocycles. The molecule has 8 heteroatoms. The van der Waals surface area contributed by atoms with Gasteiger partial charge >= 0.3 is 0 Å². The average Bonchev–Trinajstić information content (AvgIpc) is 2.94. The van der Waals surface area contributed by atoms with E-state index in [1.165, 1.54) is 47.7 Å². The molecule has 0 radical (unpaired) electrons. The van der Waals surface area contributed by atoms with E-state index in [0.29, 0.717) is 15.3 Å². The summed E-state index contributed by atoms with van der Waals surface area (Å²) in [6.45, 7) is -0.0521. The van der Waals surface area contributed by atoms with Gasteiger partial charge in [-0.05, 0) is 18.2 Å². The van der Waals surface area contributed by atoms with Gasteiger partial charge in [-0.3, -0.25) is 14.9 Å². The summed E-state index contributed by atoms with van der Waals surface area (Å²) in [5.74, 6) is -0.639. The number of nitro benzene ring substituents is 1. The third kappa shape index (κ3) is 3.32. The number of ketones is 1. The van der Waals surface area contributed by atoms with Crippen LogP contribution >= 0.6 is 11.3 Å². The first-order chi connectivity index (χ1) is 11.0. The Morgan fingerprint density at radius 3 is 2.91 bits per heavy atom. The summed E-state index contributed by atoms with van der Waals surface area (Å²) < 4.78 is 13.8. The third-order valence-corrected chi connectivity index (χ3v) is 4.11. The second kappa shape index (κ2) is 6.09. The highest BCUT2D eigenvalue weighted by molar-refractivity contribution is 7.22. The fraction of sp³-hybridized carbons (Fsp3) is 0.0667.